The average Bonchev–Trinajstić information content (AvgIpc) is 3.00. The average molecular weight is 288 g/mol. The maximum absolute atomic E-state index is 6.13. The summed E-state index contributed by atoms with van der Waals surface area (Å²) in [7, 11) is 0. The summed E-state index contributed by atoms with van der Waals surface area (Å²) in [6.45, 7) is 2.91. The highest BCUT2D eigenvalue weighted by Crippen LogP contribution is 2.33. The number of hydrogen-bond acceptors (Lipinski definition) is 2. The molecule has 1 heterocycles. The van der Waals surface area contributed by atoms with Crippen molar-refractivity contribution in [3.8, 4) is 16.9 Å². The van der Waals surface area contributed by atoms with Crippen LogP contribution in [0.15, 0.2) is 48.5 Å². The number of rotatable bonds is 4. The van der Waals surface area contributed by atoms with Gasteiger partial charge in [-0.3, -0.25) is 0 Å². The van der Waals surface area contributed by atoms with E-state index in [1.165, 1.54) is 6.42 Å². The van der Waals surface area contributed by atoms with Gasteiger partial charge in [0.05, 0.1) is 6.61 Å². The van der Waals surface area contributed by atoms with E-state index in [2.05, 4.69) is 17.4 Å². The van der Waals surface area contributed by atoms with Crippen LogP contribution in [0.3, 0.4) is 0 Å². The first kappa shape index (κ1) is 13.5. The van der Waals surface area contributed by atoms with Gasteiger partial charge >= 0.3 is 0 Å². The highest BCUT2D eigenvalue weighted by Gasteiger charge is 2.16. The van der Waals surface area contributed by atoms with Crippen LogP contribution < -0.4 is 10.1 Å². The van der Waals surface area contributed by atoms with E-state index >= 15 is 0 Å². The molecular weight excluding hydrogens is 270 g/mol. The van der Waals surface area contributed by atoms with Gasteiger partial charge in [0.2, 0.25) is 0 Å². The van der Waals surface area contributed by atoms with Crippen molar-refractivity contribution in [3.05, 3.63) is 53.6 Å². The van der Waals surface area contributed by atoms with Gasteiger partial charge in [-0.15, -0.1) is 0 Å². The van der Waals surface area contributed by atoms with Gasteiger partial charge in [-0.25, -0.2) is 0 Å². The normalized spacial score (nSPS) is 18.1. The Morgan fingerprint density at radius 1 is 1.15 bits per heavy atom. The first-order valence-electron chi connectivity index (χ1n) is 7.01. The van der Waals surface area contributed by atoms with Crippen molar-refractivity contribution in [3.63, 3.8) is 0 Å². The molecule has 2 nitrogen and oxygen atoms in total. The lowest BCUT2D eigenvalue weighted by molar-refractivity contribution is 0.261. The molecule has 1 saturated heterocycles. The molecule has 20 heavy (non-hydrogen) atoms. The molecule has 3 rings (SSSR count). The molecule has 1 atom stereocenters. The molecule has 2 aromatic carbocycles. The lowest BCUT2D eigenvalue weighted by Crippen LogP contribution is -2.15. The van der Waals surface area contributed by atoms with Crippen molar-refractivity contribution < 1.29 is 4.74 Å². The lowest BCUT2D eigenvalue weighted by Gasteiger charge is -2.15. The highest BCUT2D eigenvalue weighted by atomic mass is 35.5. The summed E-state index contributed by atoms with van der Waals surface area (Å²) in [5, 5.41) is 4.10. The standard InChI is InChI=1S/C17H18ClNO/c18-15-6-7-17(20-12-13-8-9-19-11-13)16(10-15)14-4-2-1-3-5-14/h1-7,10,13,19H,8-9,11-12H2/t13-/m1/s1. The molecule has 0 saturated carbocycles. The van der Waals surface area contributed by atoms with E-state index in [0.29, 0.717) is 5.92 Å². The van der Waals surface area contributed by atoms with Crippen LogP contribution in [0, 0.1) is 5.92 Å². The number of nitrogens with one attached hydrogen (secondary N) is 1. The molecule has 0 spiro atoms. The Labute approximate surface area is 124 Å². The third kappa shape index (κ3) is 3.14. The summed E-state index contributed by atoms with van der Waals surface area (Å²) in [6.07, 6.45) is 1.19. The van der Waals surface area contributed by atoms with Gasteiger partial charge in [0.25, 0.3) is 0 Å². The third-order valence-corrected chi connectivity index (χ3v) is 3.90. The fourth-order valence-electron chi connectivity index (χ4n) is 2.54. The Morgan fingerprint density at radius 2 is 2.00 bits per heavy atom. The van der Waals surface area contributed by atoms with Crippen molar-refractivity contribution >= 4 is 11.6 Å². The predicted molar refractivity (Wildman–Crippen MR) is 83.4 cm³/mol. The number of benzene rings is 2. The molecule has 0 bridgehead atoms. The third-order valence-electron chi connectivity index (χ3n) is 3.66. The SMILES string of the molecule is Clc1ccc(OC[C@@H]2CCNC2)c(-c2ccccc2)c1. The van der Waals surface area contributed by atoms with E-state index < -0.39 is 0 Å². The second-order valence-corrected chi connectivity index (χ2v) is 5.61. The Hall–Kier alpha value is -1.51. The molecular formula is C17H18ClNO. The number of halogens is 1. The molecule has 0 aliphatic carbocycles. The summed E-state index contributed by atoms with van der Waals surface area (Å²) < 4.78 is 6.03. The molecule has 1 fully saturated rings. The van der Waals surface area contributed by atoms with Gasteiger partial charge in [0.1, 0.15) is 5.75 Å². The first-order chi connectivity index (χ1) is 9.83. The van der Waals surface area contributed by atoms with Crippen molar-refractivity contribution in [2.45, 2.75) is 6.42 Å². The molecule has 0 unspecified atom stereocenters. The van der Waals surface area contributed by atoms with Crippen LogP contribution in [0.4, 0.5) is 0 Å². The van der Waals surface area contributed by atoms with Crippen LogP contribution in [0.1, 0.15) is 6.42 Å². The monoisotopic (exact) mass is 287 g/mol. The zero-order valence-electron chi connectivity index (χ0n) is 11.3. The van der Waals surface area contributed by atoms with Gasteiger partial charge in [-0.2, -0.15) is 0 Å². The van der Waals surface area contributed by atoms with Crippen LogP contribution in [-0.4, -0.2) is 19.7 Å². The van der Waals surface area contributed by atoms with Crippen LogP contribution in [0.25, 0.3) is 11.1 Å². The molecule has 0 radical (unpaired) electrons. The Morgan fingerprint density at radius 3 is 2.75 bits per heavy atom. The zero-order valence-corrected chi connectivity index (χ0v) is 12.1. The quantitative estimate of drug-likeness (QED) is 0.918. The fraction of sp³-hybridized carbons (Fsp3) is 0.294. The second-order valence-electron chi connectivity index (χ2n) is 5.18. The summed E-state index contributed by atoms with van der Waals surface area (Å²) in [4.78, 5) is 0. The zero-order chi connectivity index (χ0) is 13.8. The fourth-order valence-corrected chi connectivity index (χ4v) is 2.71. The summed E-state index contributed by atoms with van der Waals surface area (Å²) in [5.74, 6) is 1.52. The molecule has 3 heteroatoms. The van der Waals surface area contributed by atoms with E-state index in [1.54, 1.807) is 0 Å². The molecule has 0 aromatic heterocycles. The molecule has 1 aliphatic heterocycles. The number of hydrogen-bond donors (Lipinski definition) is 1. The van der Waals surface area contributed by atoms with Crippen LogP contribution in [-0.2, 0) is 0 Å². The van der Waals surface area contributed by atoms with Crippen LogP contribution in [0.2, 0.25) is 5.02 Å². The van der Waals surface area contributed by atoms with Gasteiger partial charge in [0.15, 0.2) is 0 Å². The molecule has 0 amide bonds. The van der Waals surface area contributed by atoms with Gasteiger partial charge in [-0.1, -0.05) is 41.9 Å². The second kappa shape index (κ2) is 6.29. The van der Waals surface area contributed by atoms with Gasteiger partial charge in [0, 0.05) is 23.0 Å². The summed E-state index contributed by atoms with van der Waals surface area (Å²) >= 11 is 6.13. The highest BCUT2D eigenvalue weighted by molar-refractivity contribution is 6.31. The van der Waals surface area contributed by atoms with Crippen molar-refractivity contribution in [1.82, 2.24) is 5.32 Å². The maximum Gasteiger partial charge on any atom is 0.127 e. The first-order valence-corrected chi connectivity index (χ1v) is 7.39. The minimum absolute atomic E-state index is 0.606. The minimum atomic E-state index is 0.606. The molecule has 104 valence electrons. The lowest BCUT2D eigenvalue weighted by atomic mass is 10.0. The minimum Gasteiger partial charge on any atom is -0.493 e. The molecule has 2 aromatic rings. The summed E-state index contributed by atoms with van der Waals surface area (Å²) in [5.41, 5.74) is 2.19. The Kier molecular flexibility index (Phi) is 4.24. The summed E-state index contributed by atoms with van der Waals surface area (Å²) in [6, 6.07) is 16.0. The maximum atomic E-state index is 6.13. The van der Waals surface area contributed by atoms with Crippen molar-refractivity contribution in [2.75, 3.05) is 19.7 Å². The molecule has 1 N–H and O–H groups in total. The van der Waals surface area contributed by atoms with Crippen LogP contribution >= 0.6 is 11.6 Å². The Balaban J connectivity index is 1.82. The smallest absolute Gasteiger partial charge is 0.127 e. The van der Waals surface area contributed by atoms with E-state index in [4.69, 9.17) is 16.3 Å². The topological polar surface area (TPSA) is 21.3 Å². The van der Waals surface area contributed by atoms with E-state index in [-0.39, 0.29) is 0 Å². The Bertz CT molecular complexity index is 564. The van der Waals surface area contributed by atoms with Crippen LogP contribution in [0.5, 0.6) is 5.75 Å². The molecule has 1 aliphatic rings. The van der Waals surface area contributed by atoms with Gasteiger partial charge < -0.3 is 10.1 Å². The predicted octanol–water partition coefficient (Wildman–Crippen LogP) is 4.00. The largest absolute Gasteiger partial charge is 0.493 e. The van der Waals surface area contributed by atoms with E-state index in [9.17, 15) is 0 Å². The van der Waals surface area contributed by atoms with Gasteiger partial charge in [-0.05, 0) is 36.7 Å². The van der Waals surface area contributed by atoms with E-state index in [1.807, 2.05) is 36.4 Å². The van der Waals surface area contributed by atoms with Crippen molar-refractivity contribution in [2.24, 2.45) is 5.92 Å². The number of ether oxygens (including phenoxy) is 1. The van der Waals surface area contributed by atoms with E-state index in [0.717, 1.165) is 41.6 Å². The van der Waals surface area contributed by atoms with Crippen molar-refractivity contribution in [1.29, 1.82) is 0 Å².